The van der Waals surface area contributed by atoms with Gasteiger partial charge in [0.15, 0.2) is 0 Å². The maximum atomic E-state index is 12.4. The minimum absolute atomic E-state index is 0.267. The van der Waals surface area contributed by atoms with Crippen molar-refractivity contribution in [3.8, 4) is 0 Å². The molecule has 0 radical (unpaired) electrons. The third-order valence-electron chi connectivity index (χ3n) is 4.27. The standard InChI is InChI=1S/C20H22N2O4/c1-25-20(24)17-4-2-3-16(13-17)19(23)21-18-7-5-15(6-8-18)14-22-9-11-26-12-10-22/h2-8,13H,9-12,14H2,1H3,(H,21,23). The van der Waals surface area contributed by atoms with Crippen LogP contribution >= 0.6 is 0 Å². The molecular formula is C20H22N2O4. The Morgan fingerprint density at radius 1 is 1.08 bits per heavy atom. The van der Waals surface area contributed by atoms with Crippen molar-refractivity contribution in [1.82, 2.24) is 4.90 Å². The summed E-state index contributed by atoms with van der Waals surface area (Å²) in [5.41, 5.74) is 2.66. The van der Waals surface area contributed by atoms with Crippen molar-refractivity contribution in [2.24, 2.45) is 0 Å². The lowest BCUT2D eigenvalue weighted by Crippen LogP contribution is -2.35. The molecule has 136 valence electrons. The van der Waals surface area contributed by atoms with Gasteiger partial charge < -0.3 is 14.8 Å². The zero-order valence-corrected chi connectivity index (χ0v) is 14.7. The molecule has 0 bridgehead atoms. The van der Waals surface area contributed by atoms with Gasteiger partial charge in [0.2, 0.25) is 0 Å². The zero-order valence-electron chi connectivity index (χ0n) is 14.7. The summed E-state index contributed by atoms with van der Waals surface area (Å²) in [5.74, 6) is -0.733. The molecule has 0 aromatic heterocycles. The Labute approximate surface area is 152 Å². The molecule has 0 atom stereocenters. The molecule has 3 rings (SSSR count). The maximum absolute atomic E-state index is 12.4. The Kier molecular flexibility index (Phi) is 5.99. The van der Waals surface area contributed by atoms with E-state index in [1.165, 1.54) is 18.7 Å². The van der Waals surface area contributed by atoms with Gasteiger partial charge in [-0.2, -0.15) is 0 Å². The average molecular weight is 354 g/mol. The van der Waals surface area contributed by atoms with Crippen LogP contribution in [-0.4, -0.2) is 50.2 Å². The van der Waals surface area contributed by atoms with Crippen LogP contribution < -0.4 is 5.32 Å². The molecule has 1 aliphatic heterocycles. The lowest BCUT2D eigenvalue weighted by molar-refractivity contribution is 0.0342. The molecule has 6 nitrogen and oxygen atoms in total. The van der Waals surface area contributed by atoms with Crippen molar-refractivity contribution in [1.29, 1.82) is 0 Å². The molecule has 0 saturated carbocycles. The quantitative estimate of drug-likeness (QED) is 0.836. The third kappa shape index (κ3) is 4.68. The summed E-state index contributed by atoms with van der Waals surface area (Å²) in [6.07, 6.45) is 0. The smallest absolute Gasteiger partial charge is 0.337 e. The van der Waals surface area contributed by atoms with Crippen LogP contribution in [-0.2, 0) is 16.0 Å². The lowest BCUT2D eigenvalue weighted by atomic mass is 10.1. The SMILES string of the molecule is COC(=O)c1cccc(C(=O)Nc2ccc(CN3CCOCC3)cc2)c1. The van der Waals surface area contributed by atoms with Crippen LogP contribution in [0, 0.1) is 0 Å². The minimum Gasteiger partial charge on any atom is -0.465 e. The fourth-order valence-electron chi connectivity index (χ4n) is 2.82. The van der Waals surface area contributed by atoms with Crippen LogP contribution in [0.1, 0.15) is 26.3 Å². The van der Waals surface area contributed by atoms with Gasteiger partial charge >= 0.3 is 5.97 Å². The summed E-state index contributed by atoms with van der Waals surface area (Å²) in [5, 5.41) is 2.85. The Bertz CT molecular complexity index is 768. The number of carbonyl (C=O) groups excluding carboxylic acids is 2. The molecule has 1 N–H and O–H groups in total. The number of carbonyl (C=O) groups is 2. The minimum atomic E-state index is -0.466. The number of hydrogen-bond donors (Lipinski definition) is 1. The van der Waals surface area contributed by atoms with Crippen molar-refractivity contribution < 1.29 is 19.1 Å². The van der Waals surface area contributed by atoms with E-state index >= 15 is 0 Å². The highest BCUT2D eigenvalue weighted by atomic mass is 16.5. The highest BCUT2D eigenvalue weighted by Gasteiger charge is 2.12. The summed E-state index contributed by atoms with van der Waals surface area (Å²) in [6, 6.07) is 14.2. The van der Waals surface area contributed by atoms with E-state index in [4.69, 9.17) is 4.74 Å². The number of rotatable bonds is 5. The summed E-state index contributed by atoms with van der Waals surface area (Å²) in [7, 11) is 1.31. The summed E-state index contributed by atoms with van der Waals surface area (Å²) in [4.78, 5) is 26.3. The zero-order chi connectivity index (χ0) is 18.4. The molecular weight excluding hydrogens is 332 g/mol. The van der Waals surface area contributed by atoms with Gasteiger partial charge in [0, 0.05) is 30.9 Å². The normalized spacial score (nSPS) is 14.7. The second kappa shape index (κ2) is 8.60. The second-order valence-electron chi connectivity index (χ2n) is 6.11. The van der Waals surface area contributed by atoms with Crippen LogP contribution in [0.4, 0.5) is 5.69 Å². The van der Waals surface area contributed by atoms with Crippen molar-refractivity contribution in [3.63, 3.8) is 0 Å². The molecule has 1 saturated heterocycles. The van der Waals surface area contributed by atoms with Gasteiger partial charge in [0.05, 0.1) is 25.9 Å². The van der Waals surface area contributed by atoms with Crippen molar-refractivity contribution in [2.45, 2.75) is 6.54 Å². The van der Waals surface area contributed by atoms with Gasteiger partial charge in [-0.15, -0.1) is 0 Å². The second-order valence-corrected chi connectivity index (χ2v) is 6.11. The first-order valence-electron chi connectivity index (χ1n) is 8.54. The first kappa shape index (κ1) is 18.1. The van der Waals surface area contributed by atoms with E-state index in [0.717, 1.165) is 32.8 Å². The monoisotopic (exact) mass is 354 g/mol. The molecule has 1 aliphatic rings. The first-order valence-corrected chi connectivity index (χ1v) is 8.54. The third-order valence-corrected chi connectivity index (χ3v) is 4.27. The maximum Gasteiger partial charge on any atom is 0.337 e. The predicted octanol–water partition coefficient (Wildman–Crippen LogP) is 2.56. The molecule has 26 heavy (non-hydrogen) atoms. The number of nitrogens with zero attached hydrogens (tertiary/aromatic N) is 1. The van der Waals surface area contributed by atoms with E-state index in [1.807, 2.05) is 24.3 Å². The Morgan fingerprint density at radius 2 is 1.77 bits per heavy atom. The number of esters is 1. The highest BCUT2D eigenvalue weighted by Crippen LogP contribution is 2.14. The molecule has 6 heteroatoms. The molecule has 1 heterocycles. The number of amides is 1. The van der Waals surface area contributed by atoms with Gasteiger partial charge in [-0.25, -0.2) is 4.79 Å². The van der Waals surface area contributed by atoms with Crippen LogP contribution in [0.15, 0.2) is 48.5 Å². The van der Waals surface area contributed by atoms with E-state index in [0.29, 0.717) is 16.8 Å². The largest absolute Gasteiger partial charge is 0.465 e. The van der Waals surface area contributed by atoms with E-state index in [-0.39, 0.29) is 5.91 Å². The van der Waals surface area contributed by atoms with Gasteiger partial charge in [0.25, 0.3) is 5.91 Å². The molecule has 0 unspecified atom stereocenters. The van der Waals surface area contributed by atoms with Crippen molar-refractivity contribution in [3.05, 3.63) is 65.2 Å². The molecule has 0 spiro atoms. The number of ether oxygens (including phenoxy) is 2. The van der Waals surface area contributed by atoms with Crippen molar-refractivity contribution in [2.75, 3.05) is 38.7 Å². The van der Waals surface area contributed by atoms with Crippen molar-refractivity contribution >= 4 is 17.6 Å². The van der Waals surface area contributed by atoms with Gasteiger partial charge in [-0.1, -0.05) is 18.2 Å². The number of anilines is 1. The molecule has 2 aromatic carbocycles. The fraction of sp³-hybridized carbons (Fsp3) is 0.300. The number of benzene rings is 2. The Morgan fingerprint density at radius 3 is 2.46 bits per heavy atom. The molecule has 1 fully saturated rings. The summed E-state index contributed by atoms with van der Waals surface area (Å²) < 4.78 is 10.0. The van der Waals surface area contributed by atoms with E-state index in [2.05, 4.69) is 15.0 Å². The van der Waals surface area contributed by atoms with Crippen LogP contribution in [0.25, 0.3) is 0 Å². The Hall–Kier alpha value is -2.70. The van der Waals surface area contributed by atoms with Crippen LogP contribution in [0.3, 0.4) is 0 Å². The summed E-state index contributed by atoms with van der Waals surface area (Å²) >= 11 is 0. The van der Waals surface area contributed by atoms with E-state index in [9.17, 15) is 9.59 Å². The molecule has 2 aromatic rings. The number of morpholine rings is 1. The predicted molar refractivity (Wildman–Crippen MR) is 98.3 cm³/mol. The fourth-order valence-corrected chi connectivity index (χ4v) is 2.82. The number of methoxy groups -OCH3 is 1. The van der Waals surface area contributed by atoms with E-state index in [1.54, 1.807) is 18.2 Å². The summed E-state index contributed by atoms with van der Waals surface area (Å²) in [6.45, 7) is 4.31. The Balaban J connectivity index is 1.61. The highest BCUT2D eigenvalue weighted by molar-refractivity contribution is 6.05. The number of nitrogens with one attached hydrogen (secondary N) is 1. The topological polar surface area (TPSA) is 67.9 Å². The lowest BCUT2D eigenvalue weighted by Gasteiger charge is -2.26. The molecule has 1 amide bonds. The molecule has 0 aliphatic carbocycles. The average Bonchev–Trinajstić information content (AvgIpc) is 2.69. The van der Waals surface area contributed by atoms with Crippen LogP contribution in [0.5, 0.6) is 0 Å². The van der Waals surface area contributed by atoms with E-state index < -0.39 is 5.97 Å². The van der Waals surface area contributed by atoms with Gasteiger partial charge in [-0.05, 0) is 35.9 Å². The van der Waals surface area contributed by atoms with Crippen LogP contribution in [0.2, 0.25) is 0 Å². The van der Waals surface area contributed by atoms with Gasteiger partial charge in [-0.3, -0.25) is 9.69 Å². The number of hydrogen-bond acceptors (Lipinski definition) is 5. The van der Waals surface area contributed by atoms with Gasteiger partial charge in [0.1, 0.15) is 0 Å². The first-order chi connectivity index (χ1) is 12.7.